The SMILES string of the molecule is CC1CC(CN)CN1C(=O)CC1(CCc2ccccc2)CCCC1. The summed E-state index contributed by atoms with van der Waals surface area (Å²) in [7, 11) is 0. The number of hydrogen-bond donors (Lipinski definition) is 1. The molecule has 1 heterocycles. The fraction of sp³-hybridized carbons (Fsp3) is 0.667. The summed E-state index contributed by atoms with van der Waals surface area (Å²) < 4.78 is 0. The minimum atomic E-state index is 0.230. The summed E-state index contributed by atoms with van der Waals surface area (Å²) in [5.41, 5.74) is 7.45. The highest BCUT2D eigenvalue weighted by molar-refractivity contribution is 5.77. The number of nitrogens with two attached hydrogens (primary N) is 1. The Morgan fingerprint density at radius 3 is 2.58 bits per heavy atom. The fourth-order valence-electron chi connectivity index (χ4n) is 4.78. The predicted molar refractivity (Wildman–Crippen MR) is 98.6 cm³/mol. The molecule has 1 aliphatic carbocycles. The number of carbonyl (C=O) groups is 1. The monoisotopic (exact) mass is 328 g/mol. The summed E-state index contributed by atoms with van der Waals surface area (Å²) in [5.74, 6) is 0.862. The third-order valence-electron chi connectivity index (χ3n) is 6.29. The van der Waals surface area contributed by atoms with Gasteiger partial charge in [-0.1, -0.05) is 43.2 Å². The van der Waals surface area contributed by atoms with Crippen LogP contribution in [0.1, 0.15) is 57.4 Å². The van der Waals surface area contributed by atoms with Crippen LogP contribution in [0.15, 0.2) is 30.3 Å². The van der Waals surface area contributed by atoms with Crippen molar-refractivity contribution in [2.45, 2.75) is 64.3 Å². The molecular weight excluding hydrogens is 296 g/mol. The molecule has 3 nitrogen and oxygen atoms in total. The zero-order valence-electron chi connectivity index (χ0n) is 15.0. The van der Waals surface area contributed by atoms with Crippen LogP contribution in [0.2, 0.25) is 0 Å². The Morgan fingerprint density at radius 2 is 1.96 bits per heavy atom. The highest BCUT2D eigenvalue weighted by Crippen LogP contribution is 2.45. The lowest BCUT2D eigenvalue weighted by Gasteiger charge is -2.32. The first-order chi connectivity index (χ1) is 11.6. The zero-order valence-corrected chi connectivity index (χ0v) is 15.0. The smallest absolute Gasteiger partial charge is 0.223 e. The van der Waals surface area contributed by atoms with Crippen molar-refractivity contribution in [2.24, 2.45) is 17.1 Å². The van der Waals surface area contributed by atoms with E-state index < -0.39 is 0 Å². The number of benzene rings is 1. The normalized spacial score (nSPS) is 26.0. The molecule has 2 N–H and O–H groups in total. The summed E-state index contributed by atoms with van der Waals surface area (Å²) >= 11 is 0. The van der Waals surface area contributed by atoms with Crippen molar-refractivity contribution in [2.75, 3.05) is 13.1 Å². The van der Waals surface area contributed by atoms with E-state index in [1.807, 2.05) is 0 Å². The van der Waals surface area contributed by atoms with Crippen molar-refractivity contribution in [1.29, 1.82) is 0 Å². The van der Waals surface area contributed by atoms with E-state index in [0.717, 1.165) is 32.2 Å². The maximum absolute atomic E-state index is 13.0. The molecule has 0 spiro atoms. The third kappa shape index (κ3) is 4.00. The number of amides is 1. The van der Waals surface area contributed by atoms with Crippen molar-refractivity contribution in [3.63, 3.8) is 0 Å². The van der Waals surface area contributed by atoms with Crippen LogP contribution in [0.5, 0.6) is 0 Å². The number of rotatable bonds is 6. The number of nitrogens with zero attached hydrogens (tertiary/aromatic N) is 1. The standard InChI is InChI=1S/C21H32N2O/c1-17-13-19(15-22)16-23(17)20(24)14-21(10-5-6-11-21)12-9-18-7-3-2-4-8-18/h2-4,7-8,17,19H,5-6,9-16,22H2,1H3. The van der Waals surface area contributed by atoms with Gasteiger partial charge in [-0.15, -0.1) is 0 Å². The van der Waals surface area contributed by atoms with E-state index in [9.17, 15) is 4.79 Å². The maximum Gasteiger partial charge on any atom is 0.223 e. The summed E-state index contributed by atoms with van der Waals surface area (Å²) in [6.07, 6.45) is 9.04. The molecule has 1 aromatic rings. The lowest BCUT2D eigenvalue weighted by atomic mass is 9.77. The minimum absolute atomic E-state index is 0.230. The maximum atomic E-state index is 13.0. The second-order valence-corrected chi connectivity index (χ2v) is 8.10. The van der Waals surface area contributed by atoms with Gasteiger partial charge in [0.2, 0.25) is 5.91 Å². The first-order valence-corrected chi connectivity index (χ1v) is 9.65. The molecule has 2 atom stereocenters. The topological polar surface area (TPSA) is 46.3 Å². The van der Waals surface area contributed by atoms with E-state index in [-0.39, 0.29) is 5.41 Å². The van der Waals surface area contributed by atoms with Crippen molar-refractivity contribution in [3.8, 4) is 0 Å². The van der Waals surface area contributed by atoms with Crippen LogP contribution >= 0.6 is 0 Å². The van der Waals surface area contributed by atoms with Crippen molar-refractivity contribution >= 4 is 5.91 Å². The van der Waals surface area contributed by atoms with Gasteiger partial charge in [0, 0.05) is 19.0 Å². The molecule has 2 unspecified atom stereocenters. The van der Waals surface area contributed by atoms with E-state index in [1.54, 1.807) is 0 Å². The van der Waals surface area contributed by atoms with Crippen LogP contribution in [0.25, 0.3) is 0 Å². The number of aryl methyl sites for hydroxylation is 1. The van der Waals surface area contributed by atoms with Gasteiger partial charge in [0.1, 0.15) is 0 Å². The minimum Gasteiger partial charge on any atom is -0.340 e. The van der Waals surface area contributed by atoms with E-state index in [4.69, 9.17) is 5.73 Å². The molecule has 132 valence electrons. The zero-order chi connectivity index (χ0) is 17.0. The largest absolute Gasteiger partial charge is 0.340 e. The molecule has 24 heavy (non-hydrogen) atoms. The first-order valence-electron chi connectivity index (χ1n) is 9.65. The second-order valence-electron chi connectivity index (χ2n) is 8.10. The Hall–Kier alpha value is -1.35. The van der Waals surface area contributed by atoms with E-state index in [2.05, 4.69) is 42.2 Å². The molecule has 1 saturated carbocycles. The van der Waals surface area contributed by atoms with Gasteiger partial charge in [-0.3, -0.25) is 4.79 Å². The van der Waals surface area contributed by atoms with Crippen LogP contribution in [0.4, 0.5) is 0 Å². The average molecular weight is 329 g/mol. The molecule has 3 heteroatoms. The highest BCUT2D eigenvalue weighted by atomic mass is 16.2. The molecule has 1 saturated heterocycles. The molecule has 1 aliphatic heterocycles. The highest BCUT2D eigenvalue weighted by Gasteiger charge is 2.39. The Bertz CT molecular complexity index is 536. The lowest BCUT2D eigenvalue weighted by molar-refractivity contribution is -0.134. The van der Waals surface area contributed by atoms with E-state index in [1.165, 1.54) is 31.2 Å². The van der Waals surface area contributed by atoms with Crippen LogP contribution in [0.3, 0.4) is 0 Å². The van der Waals surface area contributed by atoms with Gasteiger partial charge in [0.05, 0.1) is 0 Å². The molecule has 2 fully saturated rings. The number of likely N-dealkylation sites (tertiary alicyclic amines) is 1. The Kier molecular flexibility index (Phi) is 5.60. The predicted octanol–water partition coefficient (Wildman–Crippen LogP) is 3.77. The molecule has 1 aromatic carbocycles. The molecule has 2 aliphatic rings. The summed E-state index contributed by atoms with van der Waals surface area (Å²) in [5, 5.41) is 0. The molecule has 0 radical (unpaired) electrons. The first kappa shape index (κ1) is 17.5. The summed E-state index contributed by atoms with van der Waals surface area (Å²) in [6, 6.07) is 11.1. The van der Waals surface area contributed by atoms with Crippen LogP contribution in [-0.2, 0) is 11.2 Å². The lowest BCUT2D eigenvalue weighted by Crippen LogP contribution is -2.38. The second kappa shape index (κ2) is 7.69. The van der Waals surface area contributed by atoms with Gasteiger partial charge in [0.15, 0.2) is 0 Å². The Morgan fingerprint density at radius 1 is 1.25 bits per heavy atom. The van der Waals surface area contributed by atoms with Gasteiger partial charge in [-0.25, -0.2) is 0 Å². The average Bonchev–Trinajstić information content (AvgIpc) is 3.21. The van der Waals surface area contributed by atoms with Crippen molar-refractivity contribution in [3.05, 3.63) is 35.9 Å². The Balaban J connectivity index is 1.62. The van der Waals surface area contributed by atoms with Gasteiger partial charge < -0.3 is 10.6 Å². The fourth-order valence-corrected chi connectivity index (χ4v) is 4.78. The van der Waals surface area contributed by atoms with Crippen LogP contribution < -0.4 is 5.73 Å². The number of carbonyl (C=O) groups excluding carboxylic acids is 1. The molecule has 0 bridgehead atoms. The quantitative estimate of drug-likeness (QED) is 0.864. The van der Waals surface area contributed by atoms with Gasteiger partial charge in [-0.2, -0.15) is 0 Å². The van der Waals surface area contributed by atoms with Crippen molar-refractivity contribution < 1.29 is 4.79 Å². The molecule has 1 amide bonds. The van der Waals surface area contributed by atoms with Gasteiger partial charge >= 0.3 is 0 Å². The van der Waals surface area contributed by atoms with Crippen molar-refractivity contribution in [1.82, 2.24) is 4.90 Å². The summed E-state index contributed by atoms with van der Waals surface area (Å²) in [6.45, 7) is 3.75. The summed E-state index contributed by atoms with van der Waals surface area (Å²) in [4.78, 5) is 15.1. The van der Waals surface area contributed by atoms with E-state index >= 15 is 0 Å². The van der Waals surface area contributed by atoms with Crippen LogP contribution in [0, 0.1) is 11.3 Å². The van der Waals surface area contributed by atoms with Gasteiger partial charge in [-0.05, 0) is 62.5 Å². The third-order valence-corrected chi connectivity index (χ3v) is 6.29. The molecule has 0 aromatic heterocycles. The Labute approximate surface area is 146 Å². The van der Waals surface area contributed by atoms with Gasteiger partial charge in [0.25, 0.3) is 0 Å². The van der Waals surface area contributed by atoms with E-state index in [0.29, 0.717) is 24.4 Å². The molecule has 3 rings (SSSR count). The number of hydrogen-bond acceptors (Lipinski definition) is 2. The van der Waals surface area contributed by atoms with Crippen LogP contribution in [-0.4, -0.2) is 29.9 Å². The molecular formula is C21H32N2O.